The Kier molecular flexibility index (Phi) is 3.45. The van der Waals surface area contributed by atoms with Gasteiger partial charge in [0.15, 0.2) is 0 Å². The molecule has 0 aliphatic rings. The van der Waals surface area contributed by atoms with Crippen LogP contribution in [0.3, 0.4) is 0 Å². The molecule has 4 heteroatoms. The van der Waals surface area contributed by atoms with Crippen molar-refractivity contribution in [2.75, 3.05) is 6.61 Å². The van der Waals surface area contributed by atoms with Gasteiger partial charge in [-0.05, 0) is 18.6 Å². The summed E-state index contributed by atoms with van der Waals surface area (Å²) in [7, 11) is 0. The Hall–Kier alpha value is -1.58. The SMILES string of the molecule is CCCOc1ccc(C(=O)[O-])c(F)c1. The van der Waals surface area contributed by atoms with Crippen molar-refractivity contribution >= 4 is 5.97 Å². The molecule has 1 aromatic rings. The van der Waals surface area contributed by atoms with E-state index in [1.54, 1.807) is 0 Å². The fraction of sp³-hybridized carbons (Fsp3) is 0.300. The average Bonchev–Trinajstić information content (AvgIpc) is 2.14. The van der Waals surface area contributed by atoms with E-state index >= 15 is 0 Å². The maximum atomic E-state index is 13.0. The molecule has 0 saturated carbocycles. The molecule has 3 nitrogen and oxygen atoms in total. The smallest absolute Gasteiger partial charge is 0.135 e. The van der Waals surface area contributed by atoms with E-state index in [2.05, 4.69) is 0 Å². The Balaban J connectivity index is 2.83. The molecule has 0 aliphatic heterocycles. The van der Waals surface area contributed by atoms with E-state index in [0.29, 0.717) is 12.4 Å². The van der Waals surface area contributed by atoms with Gasteiger partial charge in [0.2, 0.25) is 0 Å². The lowest BCUT2D eigenvalue weighted by Crippen LogP contribution is -2.23. The van der Waals surface area contributed by atoms with Crippen LogP contribution < -0.4 is 9.84 Å². The fourth-order valence-electron chi connectivity index (χ4n) is 0.971. The number of hydrogen-bond donors (Lipinski definition) is 0. The topological polar surface area (TPSA) is 49.4 Å². The van der Waals surface area contributed by atoms with E-state index in [9.17, 15) is 14.3 Å². The van der Waals surface area contributed by atoms with E-state index in [-0.39, 0.29) is 0 Å². The van der Waals surface area contributed by atoms with Crippen molar-refractivity contribution in [2.24, 2.45) is 0 Å². The number of carboxylic acid groups (broad SMARTS) is 1. The summed E-state index contributed by atoms with van der Waals surface area (Å²) in [5, 5.41) is 10.4. The van der Waals surface area contributed by atoms with Gasteiger partial charge in [0.05, 0.1) is 12.6 Å². The van der Waals surface area contributed by atoms with Gasteiger partial charge in [-0.25, -0.2) is 4.39 Å². The third-order valence-corrected chi connectivity index (χ3v) is 1.63. The number of carbonyl (C=O) groups is 1. The fourth-order valence-corrected chi connectivity index (χ4v) is 0.971. The van der Waals surface area contributed by atoms with Gasteiger partial charge < -0.3 is 14.6 Å². The Morgan fingerprint density at radius 3 is 2.79 bits per heavy atom. The highest BCUT2D eigenvalue weighted by Crippen LogP contribution is 2.16. The molecule has 0 fully saturated rings. The number of rotatable bonds is 4. The first kappa shape index (κ1) is 10.5. The second kappa shape index (κ2) is 4.60. The predicted molar refractivity (Wildman–Crippen MR) is 46.5 cm³/mol. The van der Waals surface area contributed by atoms with Crippen LogP contribution in [-0.4, -0.2) is 12.6 Å². The molecule has 1 rings (SSSR count). The van der Waals surface area contributed by atoms with Crippen molar-refractivity contribution in [3.63, 3.8) is 0 Å². The maximum Gasteiger partial charge on any atom is 0.135 e. The molecule has 0 unspecified atom stereocenters. The summed E-state index contributed by atoms with van der Waals surface area (Å²) in [4.78, 5) is 10.4. The quantitative estimate of drug-likeness (QED) is 0.722. The summed E-state index contributed by atoms with van der Waals surface area (Å²) in [6, 6.07) is 3.58. The molecular formula is C10H10FO3-. The minimum absolute atomic E-state index is 0.328. The van der Waals surface area contributed by atoms with E-state index < -0.39 is 17.3 Å². The minimum Gasteiger partial charge on any atom is -0.545 e. The lowest BCUT2D eigenvalue weighted by molar-refractivity contribution is -0.255. The van der Waals surface area contributed by atoms with Crippen molar-refractivity contribution in [3.05, 3.63) is 29.6 Å². The Morgan fingerprint density at radius 2 is 2.29 bits per heavy atom. The molecule has 14 heavy (non-hydrogen) atoms. The van der Waals surface area contributed by atoms with Crippen molar-refractivity contribution in [3.8, 4) is 5.75 Å². The summed E-state index contributed by atoms with van der Waals surface area (Å²) >= 11 is 0. The monoisotopic (exact) mass is 197 g/mol. The van der Waals surface area contributed by atoms with Gasteiger partial charge in [-0.2, -0.15) is 0 Å². The van der Waals surface area contributed by atoms with Gasteiger partial charge in [-0.3, -0.25) is 0 Å². The van der Waals surface area contributed by atoms with Crippen molar-refractivity contribution in [1.29, 1.82) is 0 Å². The van der Waals surface area contributed by atoms with E-state index in [1.165, 1.54) is 6.07 Å². The summed E-state index contributed by atoms with van der Waals surface area (Å²) in [5.74, 6) is -2.03. The predicted octanol–water partition coefficient (Wildman–Crippen LogP) is 0.978. The van der Waals surface area contributed by atoms with Gasteiger partial charge in [-0.1, -0.05) is 6.92 Å². The van der Waals surface area contributed by atoms with Gasteiger partial charge >= 0.3 is 0 Å². The number of aromatic carboxylic acids is 1. The molecule has 0 N–H and O–H groups in total. The second-order valence-corrected chi connectivity index (χ2v) is 2.78. The minimum atomic E-state index is -1.52. The van der Waals surface area contributed by atoms with E-state index in [1.807, 2.05) is 6.92 Å². The zero-order chi connectivity index (χ0) is 10.6. The Morgan fingerprint density at radius 1 is 1.57 bits per heavy atom. The number of ether oxygens (including phenoxy) is 1. The molecule has 0 bridgehead atoms. The largest absolute Gasteiger partial charge is 0.545 e. The summed E-state index contributed by atoms with van der Waals surface area (Å²) in [6.07, 6.45) is 0.809. The van der Waals surface area contributed by atoms with Crippen molar-refractivity contribution < 1.29 is 19.0 Å². The molecule has 0 aliphatic carbocycles. The Bertz CT molecular complexity index is 336. The third kappa shape index (κ3) is 2.45. The van der Waals surface area contributed by atoms with Crippen LogP contribution in [0.2, 0.25) is 0 Å². The van der Waals surface area contributed by atoms with Crippen LogP contribution in [0, 0.1) is 5.82 Å². The van der Waals surface area contributed by atoms with Crippen LogP contribution in [-0.2, 0) is 0 Å². The third-order valence-electron chi connectivity index (χ3n) is 1.63. The summed E-state index contributed by atoms with van der Waals surface area (Å²) in [5.41, 5.74) is -0.450. The number of benzene rings is 1. The zero-order valence-electron chi connectivity index (χ0n) is 7.75. The molecule has 1 aromatic carbocycles. The highest BCUT2D eigenvalue weighted by molar-refractivity contribution is 5.86. The highest BCUT2D eigenvalue weighted by Gasteiger charge is 2.04. The van der Waals surface area contributed by atoms with Crippen LogP contribution >= 0.6 is 0 Å². The van der Waals surface area contributed by atoms with Crippen LogP contribution in [0.1, 0.15) is 23.7 Å². The normalized spacial score (nSPS) is 9.86. The van der Waals surface area contributed by atoms with Gasteiger partial charge in [0, 0.05) is 11.6 Å². The van der Waals surface area contributed by atoms with Crippen LogP contribution in [0.5, 0.6) is 5.75 Å². The van der Waals surface area contributed by atoms with Gasteiger partial charge in [0.25, 0.3) is 0 Å². The number of halogens is 1. The summed E-state index contributed by atoms with van der Waals surface area (Å²) in [6.45, 7) is 2.40. The average molecular weight is 197 g/mol. The molecule has 76 valence electrons. The molecule has 0 saturated heterocycles. The van der Waals surface area contributed by atoms with Crippen molar-refractivity contribution in [1.82, 2.24) is 0 Å². The van der Waals surface area contributed by atoms with Crippen LogP contribution in [0.4, 0.5) is 4.39 Å². The van der Waals surface area contributed by atoms with E-state index in [0.717, 1.165) is 18.6 Å². The first-order valence-electron chi connectivity index (χ1n) is 4.29. The number of carboxylic acids is 1. The van der Waals surface area contributed by atoms with Gasteiger partial charge in [-0.15, -0.1) is 0 Å². The molecular weight excluding hydrogens is 187 g/mol. The first-order chi connectivity index (χ1) is 6.65. The van der Waals surface area contributed by atoms with Crippen molar-refractivity contribution in [2.45, 2.75) is 13.3 Å². The second-order valence-electron chi connectivity index (χ2n) is 2.78. The lowest BCUT2D eigenvalue weighted by Gasteiger charge is -2.07. The standard InChI is InChI=1S/C10H11FO3/c1-2-5-14-7-3-4-8(10(12)13)9(11)6-7/h3-4,6H,2,5H2,1H3,(H,12,13)/p-1. The molecule has 0 aromatic heterocycles. The zero-order valence-corrected chi connectivity index (χ0v) is 7.75. The molecule has 0 amide bonds. The number of carbonyl (C=O) groups excluding carboxylic acids is 1. The first-order valence-corrected chi connectivity index (χ1v) is 4.29. The lowest BCUT2D eigenvalue weighted by atomic mass is 10.2. The maximum absolute atomic E-state index is 13.0. The molecule has 0 spiro atoms. The van der Waals surface area contributed by atoms with Crippen LogP contribution in [0.25, 0.3) is 0 Å². The van der Waals surface area contributed by atoms with Crippen LogP contribution in [0.15, 0.2) is 18.2 Å². The number of hydrogen-bond acceptors (Lipinski definition) is 3. The Labute approximate surface area is 81.1 Å². The molecule has 0 atom stereocenters. The highest BCUT2D eigenvalue weighted by atomic mass is 19.1. The van der Waals surface area contributed by atoms with E-state index in [4.69, 9.17) is 4.74 Å². The molecule has 0 heterocycles. The molecule has 0 radical (unpaired) electrons. The van der Waals surface area contributed by atoms with Gasteiger partial charge in [0.1, 0.15) is 11.6 Å². The summed E-state index contributed by atoms with van der Waals surface area (Å²) < 4.78 is 18.1.